The average molecular weight is 283 g/mol. The molecule has 1 aliphatic rings. The van der Waals surface area contributed by atoms with E-state index < -0.39 is 17.6 Å². The van der Waals surface area contributed by atoms with Gasteiger partial charge >= 0.3 is 12.1 Å². The highest BCUT2D eigenvalue weighted by molar-refractivity contribution is 5.33. The first-order valence-corrected chi connectivity index (χ1v) is 6.15. The van der Waals surface area contributed by atoms with Crippen molar-refractivity contribution in [2.75, 3.05) is 0 Å². The monoisotopic (exact) mass is 283 g/mol. The maximum atomic E-state index is 12.5. The lowest BCUT2D eigenvalue weighted by Gasteiger charge is -2.31. The van der Waals surface area contributed by atoms with Crippen molar-refractivity contribution in [3.63, 3.8) is 0 Å². The molecule has 1 aromatic heterocycles. The highest BCUT2D eigenvalue weighted by Crippen LogP contribution is 2.35. The van der Waals surface area contributed by atoms with E-state index in [1.54, 1.807) is 0 Å². The molecule has 106 valence electrons. The number of hydrogen-bond donors (Lipinski definition) is 1. The second-order valence-corrected chi connectivity index (χ2v) is 5.02. The highest BCUT2D eigenvalue weighted by Gasteiger charge is 2.42. The third-order valence-electron chi connectivity index (χ3n) is 3.58. The van der Waals surface area contributed by atoms with E-state index in [9.17, 15) is 13.2 Å². The largest absolute Gasteiger partial charge is 0.471 e. The number of nitrogens with two attached hydrogens (primary N) is 1. The molecule has 1 aliphatic carbocycles. The van der Waals surface area contributed by atoms with Crippen LogP contribution in [0.2, 0.25) is 0 Å². The summed E-state index contributed by atoms with van der Waals surface area (Å²) in [5.74, 6) is -1.43. The Morgan fingerprint density at radius 2 is 1.90 bits per heavy atom. The van der Waals surface area contributed by atoms with Gasteiger partial charge in [-0.2, -0.15) is 18.2 Å². The third-order valence-corrected chi connectivity index (χ3v) is 3.58. The van der Waals surface area contributed by atoms with E-state index in [4.69, 9.17) is 5.73 Å². The molecule has 1 heterocycles. The molecule has 20 heavy (non-hydrogen) atoms. The molecule has 3 rings (SSSR count). The molecule has 2 N–H and O–H groups in total. The Morgan fingerprint density at radius 3 is 2.55 bits per heavy atom. The van der Waals surface area contributed by atoms with Gasteiger partial charge in [-0.1, -0.05) is 29.4 Å². The predicted octanol–water partition coefficient (Wildman–Crippen LogP) is 2.43. The molecular weight excluding hydrogens is 271 g/mol. The first-order chi connectivity index (χ1) is 9.38. The Hall–Kier alpha value is -1.89. The van der Waals surface area contributed by atoms with Crippen LogP contribution in [0.1, 0.15) is 29.3 Å². The summed E-state index contributed by atoms with van der Waals surface area (Å²) >= 11 is 0. The Balaban J connectivity index is 1.93. The van der Waals surface area contributed by atoms with E-state index >= 15 is 0 Å². The zero-order valence-electron chi connectivity index (χ0n) is 10.4. The van der Waals surface area contributed by atoms with Crippen LogP contribution in [0.3, 0.4) is 0 Å². The smallest absolute Gasteiger partial charge is 0.329 e. The fourth-order valence-electron chi connectivity index (χ4n) is 2.49. The molecule has 0 saturated heterocycles. The number of halogens is 3. The lowest BCUT2D eigenvalue weighted by molar-refractivity contribution is -0.159. The maximum Gasteiger partial charge on any atom is 0.471 e. The van der Waals surface area contributed by atoms with Gasteiger partial charge in [0.05, 0.1) is 5.54 Å². The lowest BCUT2D eigenvalue weighted by Crippen LogP contribution is -2.43. The minimum atomic E-state index is -4.64. The van der Waals surface area contributed by atoms with Crippen molar-refractivity contribution in [3.8, 4) is 0 Å². The van der Waals surface area contributed by atoms with Gasteiger partial charge in [0, 0.05) is 0 Å². The van der Waals surface area contributed by atoms with Crippen LogP contribution in [0.25, 0.3) is 0 Å². The van der Waals surface area contributed by atoms with E-state index in [0.29, 0.717) is 19.3 Å². The van der Waals surface area contributed by atoms with Crippen molar-refractivity contribution in [2.45, 2.75) is 31.0 Å². The van der Waals surface area contributed by atoms with Crippen LogP contribution in [0.15, 0.2) is 28.8 Å². The number of aryl methyl sites for hydroxylation is 1. The second kappa shape index (κ2) is 4.31. The summed E-state index contributed by atoms with van der Waals surface area (Å²) in [4.78, 5) is 3.42. The molecule has 1 atom stereocenters. The summed E-state index contributed by atoms with van der Waals surface area (Å²) in [7, 11) is 0. The Morgan fingerprint density at radius 1 is 1.20 bits per heavy atom. The van der Waals surface area contributed by atoms with Crippen molar-refractivity contribution in [2.24, 2.45) is 5.73 Å². The zero-order valence-corrected chi connectivity index (χ0v) is 10.4. The first-order valence-electron chi connectivity index (χ1n) is 6.15. The van der Waals surface area contributed by atoms with Crippen LogP contribution < -0.4 is 5.73 Å². The van der Waals surface area contributed by atoms with Crippen LogP contribution >= 0.6 is 0 Å². The molecular formula is C13H12F3N3O. The quantitative estimate of drug-likeness (QED) is 0.873. The van der Waals surface area contributed by atoms with Gasteiger partial charge in [0.15, 0.2) is 5.82 Å². The lowest BCUT2D eigenvalue weighted by atomic mass is 9.78. The van der Waals surface area contributed by atoms with Gasteiger partial charge in [-0.3, -0.25) is 0 Å². The average Bonchev–Trinajstić information content (AvgIpc) is 2.89. The highest BCUT2D eigenvalue weighted by atomic mass is 19.4. The molecule has 1 aromatic carbocycles. The number of benzene rings is 1. The number of nitrogens with zero attached hydrogens (tertiary/aromatic N) is 2. The van der Waals surface area contributed by atoms with Gasteiger partial charge in [-0.05, 0) is 30.4 Å². The molecule has 0 saturated carbocycles. The fourth-order valence-corrected chi connectivity index (χ4v) is 2.49. The molecule has 0 aliphatic heterocycles. The van der Waals surface area contributed by atoms with Gasteiger partial charge in [0.1, 0.15) is 0 Å². The van der Waals surface area contributed by atoms with Crippen LogP contribution in [0, 0.1) is 0 Å². The summed E-state index contributed by atoms with van der Waals surface area (Å²) in [6, 6.07) is 7.72. The van der Waals surface area contributed by atoms with Gasteiger partial charge < -0.3 is 10.3 Å². The molecule has 1 unspecified atom stereocenters. The molecule has 0 bridgehead atoms. The molecule has 0 amide bonds. The molecule has 2 aromatic rings. The normalized spacial score (nSPS) is 22.6. The van der Waals surface area contributed by atoms with Gasteiger partial charge in [-0.15, -0.1) is 0 Å². The molecule has 4 nitrogen and oxygen atoms in total. The minimum Gasteiger partial charge on any atom is -0.329 e. The maximum absolute atomic E-state index is 12.5. The molecule has 0 fully saturated rings. The Labute approximate surface area is 112 Å². The van der Waals surface area contributed by atoms with Crippen LogP contribution in [-0.2, 0) is 24.6 Å². The molecule has 0 spiro atoms. The van der Waals surface area contributed by atoms with Crippen molar-refractivity contribution in [1.29, 1.82) is 0 Å². The third kappa shape index (κ3) is 2.18. The summed E-state index contributed by atoms with van der Waals surface area (Å²) in [6.45, 7) is 0. The number of hydrogen-bond acceptors (Lipinski definition) is 4. The van der Waals surface area contributed by atoms with Gasteiger partial charge in [0.2, 0.25) is 0 Å². The summed E-state index contributed by atoms with van der Waals surface area (Å²) in [5.41, 5.74) is 7.36. The van der Waals surface area contributed by atoms with Crippen molar-refractivity contribution in [1.82, 2.24) is 10.1 Å². The van der Waals surface area contributed by atoms with Crippen LogP contribution in [0.5, 0.6) is 0 Å². The van der Waals surface area contributed by atoms with E-state index in [0.717, 1.165) is 11.1 Å². The molecule has 7 heteroatoms. The van der Waals surface area contributed by atoms with E-state index in [-0.39, 0.29) is 5.82 Å². The second-order valence-electron chi connectivity index (χ2n) is 5.02. The topological polar surface area (TPSA) is 64.9 Å². The van der Waals surface area contributed by atoms with Crippen molar-refractivity contribution in [3.05, 3.63) is 47.1 Å². The van der Waals surface area contributed by atoms with Crippen molar-refractivity contribution >= 4 is 0 Å². The zero-order chi connectivity index (χ0) is 14.4. The fraction of sp³-hybridized carbons (Fsp3) is 0.385. The first kappa shape index (κ1) is 13.1. The Kier molecular flexibility index (Phi) is 2.82. The number of aromatic nitrogens is 2. The predicted molar refractivity (Wildman–Crippen MR) is 63.6 cm³/mol. The Bertz CT molecular complexity index is 638. The number of alkyl halides is 3. The van der Waals surface area contributed by atoms with Crippen molar-refractivity contribution < 1.29 is 17.7 Å². The van der Waals surface area contributed by atoms with E-state index in [1.165, 1.54) is 0 Å². The van der Waals surface area contributed by atoms with E-state index in [1.807, 2.05) is 24.3 Å². The number of fused-ring (bicyclic) bond motifs is 1. The summed E-state index contributed by atoms with van der Waals surface area (Å²) < 4.78 is 41.8. The van der Waals surface area contributed by atoms with Crippen LogP contribution in [-0.4, -0.2) is 10.1 Å². The standard InChI is InChI=1S/C13H12F3N3O/c14-13(15,16)11-18-10(19-20-11)12(17)6-5-8-3-1-2-4-9(8)7-12/h1-4H,5-7,17H2. The minimum absolute atomic E-state index is 0.0840. The van der Waals surface area contributed by atoms with Crippen LogP contribution in [0.4, 0.5) is 13.2 Å². The van der Waals surface area contributed by atoms with Gasteiger partial charge in [0.25, 0.3) is 0 Å². The van der Waals surface area contributed by atoms with E-state index in [2.05, 4.69) is 14.7 Å². The summed E-state index contributed by atoms with van der Waals surface area (Å²) in [5, 5.41) is 3.42. The summed E-state index contributed by atoms with van der Waals surface area (Å²) in [6.07, 6.45) is -3.07. The molecule has 0 radical (unpaired) electrons. The number of rotatable bonds is 1. The van der Waals surface area contributed by atoms with Gasteiger partial charge in [-0.25, -0.2) is 0 Å². The SMILES string of the molecule is NC1(c2noc(C(F)(F)F)n2)CCc2ccccc2C1.